The second kappa shape index (κ2) is 7.55. The Morgan fingerprint density at radius 2 is 1.65 bits per heavy atom. The Bertz CT molecular complexity index is 655. The van der Waals surface area contributed by atoms with E-state index < -0.39 is 8.07 Å². The van der Waals surface area contributed by atoms with Crippen LogP contribution in [0.4, 0.5) is 11.6 Å². The summed E-state index contributed by atoms with van der Waals surface area (Å²) in [5, 5.41) is 4.75. The summed E-state index contributed by atoms with van der Waals surface area (Å²) in [5.74, 6) is 0.632. The average Bonchev–Trinajstić information content (AvgIpc) is 2.59. The maximum atomic E-state index is 4.53. The Balaban J connectivity index is 2.47. The van der Waals surface area contributed by atoms with E-state index in [1.54, 1.807) is 12.4 Å². The van der Waals surface area contributed by atoms with Gasteiger partial charge in [0.05, 0.1) is 13.8 Å². The second-order valence-corrected chi connectivity index (χ2v) is 11.3. The number of benzene rings is 1. The molecular formula is C19H27N3Si. The number of nitrogens with one attached hydrogen (secondary N) is 1. The van der Waals surface area contributed by atoms with Crippen LogP contribution >= 0.6 is 0 Å². The van der Waals surface area contributed by atoms with Crippen molar-refractivity contribution in [3.8, 4) is 0 Å². The van der Waals surface area contributed by atoms with Crippen LogP contribution in [0.3, 0.4) is 0 Å². The monoisotopic (exact) mass is 325 g/mol. The van der Waals surface area contributed by atoms with Gasteiger partial charge >= 0.3 is 0 Å². The Kier molecular flexibility index (Phi) is 5.72. The van der Waals surface area contributed by atoms with Crippen LogP contribution in [0.5, 0.6) is 0 Å². The summed E-state index contributed by atoms with van der Waals surface area (Å²) in [6.07, 6.45) is 3.51. The molecule has 2 aromatic rings. The van der Waals surface area contributed by atoms with Crippen LogP contribution < -0.4 is 5.32 Å². The van der Waals surface area contributed by atoms with Gasteiger partial charge in [-0.1, -0.05) is 68.9 Å². The van der Waals surface area contributed by atoms with E-state index in [9.17, 15) is 0 Å². The van der Waals surface area contributed by atoms with Crippen LogP contribution in [-0.4, -0.2) is 18.0 Å². The third-order valence-corrected chi connectivity index (χ3v) is 10.7. The molecule has 0 bridgehead atoms. The molecular weight excluding hydrogens is 298 g/mol. The fraction of sp³-hybridized carbons (Fsp3) is 0.368. The van der Waals surface area contributed by atoms with Gasteiger partial charge in [0.2, 0.25) is 5.95 Å². The molecule has 0 saturated carbocycles. The van der Waals surface area contributed by atoms with Crippen LogP contribution in [0.2, 0.25) is 18.1 Å². The minimum Gasteiger partial charge on any atom is -0.323 e. The van der Waals surface area contributed by atoms with Gasteiger partial charge in [-0.3, -0.25) is 0 Å². The first-order valence-electron chi connectivity index (χ1n) is 8.41. The maximum absolute atomic E-state index is 4.53. The Labute approximate surface area is 140 Å². The standard InChI is InChI=1S/C19H27N3Si/c1-6-23(7-2,8-3)16(5)17-12-9-11-15(4)18(17)22-19-20-13-10-14-21-19/h9-14H,5-8H2,1-4H3,(H,20,21,22). The van der Waals surface area contributed by atoms with E-state index in [4.69, 9.17) is 0 Å². The highest BCUT2D eigenvalue weighted by Gasteiger charge is 2.32. The third-order valence-electron chi connectivity index (χ3n) is 5.07. The fourth-order valence-electron chi connectivity index (χ4n) is 3.24. The molecule has 2 rings (SSSR count). The van der Waals surface area contributed by atoms with Gasteiger partial charge in [0.25, 0.3) is 0 Å². The molecule has 1 heterocycles. The number of rotatable bonds is 7. The molecule has 0 aliphatic carbocycles. The largest absolute Gasteiger partial charge is 0.323 e. The SMILES string of the molecule is C=C(c1cccc(C)c1Nc1ncccn1)[Si](CC)(CC)CC. The number of para-hydroxylation sites is 1. The number of aryl methyl sites for hydroxylation is 1. The van der Waals surface area contributed by atoms with Crippen LogP contribution in [-0.2, 0) is 0 Å². The molecule has 4 heteroatoms. The summed E-state index contributed by atoms with van der Waals surface area (Å²) >= 11 is 0. The molecule has 0 unspecified atom stereocenters. The van der Waals surface area contributed by atoms with Crippen molar-refractivity contribution in [2.24, 2.45) is 0 Å². The molecule has 122 valence electrons. The van der Waals surface area contributed by atoms with Gasteiger partial charge in [0.1, 0.15) is 0 Å². The topological polar surface area (TPSA) is 37.8 Å². The molecule has 1 N–H and O–H groups in total. The van der Waals surface area contributed by atoms with Crippen molar-refractivity contribution in [1.82, 2.24) is 9.97 Å². The maximum Gasteiger partial charge on any atom is 0.227 e. The fourth-order valence-corrected chi connectivity index (χ4v) is 6.80. The molecule has 0 aliphatic rings. The molecule has 0 spiro atoms. The van der Waals surface area contributed by atoms with Crippen molar-refractivity contribution < 1.29 is 0 Å². The van der Waals surface area contributed by atoms with Gasteiger partial charge in [-0.15, -0.1) is 0 Å². The van der Waals surface area contributed by atoms with Crippen LogP contribution in [0.25, 0.3) is 5.20 Å². The zero-order valence-electron chi connectivity index (χ0n) is 14.7. The molecule has 0 amide bonds. The summed E-state index contributed by atoms with van der Waals surface area (Å²) in [7, 11) is -1.51. The van der Waals surface area contributed by atoms with Gasteiger partial charge in [0, 0.05) is 12.4 Å². The van der Waals surface area contributed by atoms with Crippen molar-refractivity contribution in [3.63, 3.8) is 0 Å². The van der Waals surface area contributed by atoms with Gasteiger partial charge in [-0.2, -0.15) is 0 Å². The van der Waals surface area contributed by atoms with Crippen LogP contribution in [0, 0.1) is 6.92 Å². The van der Waals surface area contributed by atoms with Gasteiger partial charge < -0.3 is 5.32 Å². The van der Waals surface area contributed by atoms with E-state index in [-0.39, 0.29) is 0 Å². The number of nitrogens with zero attached hydrogens (tertiary/aromatic N) is 2. The molecule has 3 nitrogen and oxygen atoms in total. The summed E-state index contributed by atoms with van der Waals surface area (Å²) in [5.41, 5.74) is 3.52. The second-order valence-electron chi connectivity index (χ2n) is 6.01. The molecule has 0 radical (unpaired) electrons. The first-order valence-corrected chi connectivity index (χ1v) is 11.0. The quantitative estimate of drug-likeness (QED) is 0.674. The molecule has 1 aromatic carbocycles. The van der Waals surface area contributed by atoms with Crippen molar-refractivity contribution >= 4 is 24.9 Å². The first kappa shape index (κ1) is 17.4. The predicted octanol–water partition coefficient (Wildman–Crippen LogP) is 5.59. The Morgan fingerprint density at radius 1 is 1.04 bits per heavy atom. The van der Waals surface area contributed by atoms with E-state index in [0.29, 0.717) is 5.95 Å². The smallest absolute Gasteiger partial charge is 0.227 e. The summed E-state index contributed by atoms with van der Waals surface area (Å²) in [4.78, 5) is 8.60. The summed E-state index contributed by atoms with van der Waals surface area (Å²) < 4.78 is 0. The molecule has 0 aliphatic heterocycles. The lowest BCUT2D eigenvalue weighted by Crippen LogP contribution is -2.33. The lowest BCUT2D eigenvalue weighted by atomic mass is 10.1. The zero-order chi connectivity index (χ0) is 16.9. The van der Waals surface area contributed by atoms with E-state index in [2.05, 4.69) is 67.8 Å². The van der Waals surface area contributed by atoms with E-state index >= 15 is 0 Å². The van der Waals surface area contributed by atoms with Gasteiger partial charge in [0.15, 0.2) is 0 Å². The Morgan fingerprint density at radius 3 is 2.22 bits per heavy atom. The zero-order valence-corrected chi connectivity index (χ0v) is 15.7. The van der Waals surface area contributed by atoms with Crippen molar-refractivity contribution in [3.05, 3.63) is 54.4 Å². The van der Waals surface area contributed by atoms with Crippen LogP contribution in [0.1, 0.15) is 31.9 Å². The molecule has 0 saturated heterocycles. The van der Waals surface area contributed by atoms with Crippen molar-refractivity contribution in [2.75, 3.05) is 5.32 Å². The molecule has 0 fully saturated rings. The average molecular weight is 326 g/mol. The van der Waals surface area contributed by atoms with E-state index in [0.717, 1.165) is 5.69 Å². The highest BCUT2D eigenvalue weighted by Crippen LogP contribution is 2.38. The van der Waals surface area contributed by atoms with Crippen molar-refractivity contribution in [1.29, 1.82) is 0 Å². The van der Waals surface area contributed by atoms with Crippen LogP contribution in [0.15, 0.2) is 43.2 Å². The van der Waals surface area contributed by atoms with Gasteiger partial charge in [-0.05, 0) is 24.1 Å². The molecule has 1 aromatic heterocycles. The summed E-state index contributed by atoms with van der Waals surface area (Å²) in [6, 6.07) is 11.9. The number of anilines is 2. The highest BCUT2D eigenvalue weighted by atomic mass is 28.3. The lowest BCUT2D eigenvalue weighted by Gasteiger charge is -2.32. The lowest BCUT2D eigenvalue weighted by molar-refractivity contribution is 1.16. The third kappa shape index (κ3) is 3.53. The predicted molar refractivity (Wildman–Crippen MR) is 103 cm³/mol. The summed E-state index contributed by atoms with van der Waals surface area (Å²) in [6.45, 7) is 13.6. The minimum atomic E-state index is -1.51. The molecule has 0 atom stereocenters. The number of hydrogen-bond acceptors (Lipinski definition) is 3. The minimum absolute atomic E-state index is 0.632. The van der Waals surface area contributed by atoms with E-state index in [1.165, 1.54) is 34.5 Å². The van der Waals surface area contributed by atoms with E-state index in [1.807, 2.05) is 6.07 Å². The highest BCUT2D eigenvalue weighted by molar-refractivity contribution is 6.96. The number of hydrogen-bond donors (Lipinski definition) is 1. The molecule has 23 heavy (non-hydrogen) atoms. The Hall–Kier alpha value is -1.94. The number of aromatic nitrogens is 2. The van der Waals surface area contributed by atoms with Gasteiger partial charge in [-0.25, -0.2) is 9.97 Å². The normalized spacial score (nSPS) is 11.3. The first-order chi connectivity index (χ1) is 11.1. The van der Waals surface area contributed by atoms with Crippen molar-refractivity contribution in [2.45, 2.75) is 45.8 Å².